The third kappa shape index (κ3) is 6.33. The minimum absolute atomic E-state index is 0.297. The summed E-state index contributed by atoms with van der Waals surface area (Å²) in [5.41, 5.74) is 0.297. The largest absolute Gasteiger partial charge is 0.493 e. The van der Waals surface area contributed by atoms with Gasteiger partial charge in [-0.1, -0.05) is 19.8 Å². The Balaban J connectivity index is 2.60. The Bertz CT molecular complexity index is 617. The SMILES string of the molecule is CCCC[C@H](NC(=O)CNC(=O)c1ccc(OC)c(OC)c1)C(=O)O. The summed E-state index contributed by atoms with van der Waals surface area (Å²) >= 11 is 0. The van der Waals surface area contributed by atoms with E-state index in [9.17, 15) is 14.4 Å². The van der Waals surface area contributed by atoms with E-state index in [1.807, 2.05) is 6.92 Å². The minimum Gasteiger partial charge on any atom is -0.493 e. The number of hydrogen-bond acceptors (Lipinski definition) is 5. The molecule has 0 fully saturated rings. The highest BCUT2D eigenvalue weighted by atomic mass is 16.5. The number of carboxylic acid groups (broad SMARTS) is 1. The summed E-state index contributed by atoms with van der Waals surface area (Å²) in [7, 11) is 2.94. The van der Waals surface area contributed by atoms with Gasteiger partial charge >= 0.3 is 5.97 Å². The van der Waals surface area contributed by atoms with Gasteiger partial charge in [-0.25, -0.2) is 4.79 Å². The van der Waals surface area contributed by atoms with E-state index in [1.54, 1.807) is 6.07 Å². The van der Waals surface area contributed by atoms with Gasteiger partial charge in [0.25, 0.3) is 5.91 Å². The van der Waals surface area contributed by atoms with Crippen molar-refractivity contribution in [2.75, 3.05) is 20.8 Å². The normalized spacial score (nSPS) is 11.3. The highest BCUT2D eigenvalue weighted by Gasteiger charge is 2.19. The van der Waals surface area contributed by atoms with E-state index >= 15 is 0 Å². The molecule has 2 amide bonds. The molecule has 3 N–H and O–H groups in total. The molecule has 0 saturated heterocycles. The zero-order valence-corrected chi connectivity index (χ0v) is 14.6. The van der Waals surface area contributed by atoms with Gasteiger partial charge in [0.1, 0.15) is 6.04 Å². The van der Waals surface area contributed by atoms with E-state index < -0.39 is 23.8 Å². The number of methoxy groups -OCH3 is 2. The van der Waals surface area contributed by atoms with Crippen LogP contribution < -0.4 is 20.1 Å². The molecule has 0 spiro atoms. The Hall–Kier alpha value is -2.77. The van der Waals surface area contributed by atoms with Crippen LogP contribution in [0.2, 0.25) is 0 Å². The fourth-order valence-electron chi connectivity index (χ4n) is 2.15. The number of carbonyl (C=O) groups is 3. The average Bonchev–Trinajstić information content (AvgIpc) is 2.62. The summed E-state index contributed by atoms with van der Waals surface area (Å²) in [5.74, 6) is -1.25. The predicted octanol–water partition coefficient (Wildman–Crippen LogP) is 1.19. The second-order valence-corrected chi connectivity index (χ2v) is 5.35. The molecule has 25 heavy (non-hydrogen) atoms. The quantitative estimate of drug-likeness (QED) is 0.583. The zero-order valence-electron chi connectivity index (χ0n) is 14.6. The fraction of sp³-hybridized carbons (Fsp3) is 0.471. The molecule has 0 heterocycles. The van der Waals surface area contributed by atoms with E-state index in [1.165, 1.54) is 26.4 Å². The van der Waals surface area contributed by atoms with Crippen molar-refractivity contribution in [2.45, 2.75) is 32.2 Å². The lowest BCUT2D eigenvalue weighted by Crippen LogP contribution is -2.45. The first-order chi connectivity index (χ1) is 11.9. The summed E-state index contributed by atoms with van der Waals surface area (Å²) in [4.78, 5) is 35.1. The molecule has 1 aromatic rings. The Kier molecular flexibility index (Phi) is 8.25. The number of aliphatic carboxylic acids is 1. The van der Waals surface area contributed by atoms with Crippen molar-refractivity contribution < 1.29 is 29.0 Å². The van der Waals surface area contributed by atoms with Crippen LogP contribution in [0.4, 0.5) is 0 Å². The Morgan fingerprint density at radius 3 is 2.40 bits per heavy atom. The van der Waals surface area contributed by atoms with E-state index in [2.05, 4.69) is 10.6 Å². The maximum atomic E-state index is 12.1. The minimum atomic E-state index is -1.09. The summed E-state index contributed by atoms with van der Waals surface area (Å²) in [5, 5.41) is 13.9. The number of ether oxygens (including phenoxy) is 2. The molecule has 0 aliphatic heterocycles. The molecule has 0 radical (unpaired) electrons. The molecule has 8 nitrogen and oxygen atoms in total. The Labute approximate surface area is 146 Å². The number of hydrogen-bond donors (Lipinski definition) is 3. The van der Waals surface area contributed by atoms with E-state index in [0.717, 1.165) is 6.42 Å². The third-order valence-corrected chi connectivity index (χ3v) is 3.53. The first kappa shape index (κ1) is 20.3. The lowest BCUT2D eigenvalue weighted by atomic mass is 10.1. The lowest BCUT2D eigenvalue weighted by Gasteiger charge is -2.14. The molecule has 0 saturated carbocycles. The van der Waals surface area contributed by atoms with Crippen molar-refractivity contribution in [3.8, 4) is 11.5 Å². The van der Waals surface area contributed by atoms with Crippen molar-refractivity contribution in [1.29, 1.82) is 0 Å². The van der Waals surface area contributed by atoms with Gasteiger partial charge < -0.3 is 25.2 Å². The summed E-state index contributed by atoms with van der Waals surface area (Å²) in [6, 6.07) is 3.66. The molecule has 0 bridgehead atoms. The molecule has 8 heteroatoms. The standard InChI is InChI=1S/C17H24N2O6/c1-4-5-6-12(17(22)23)19-15(20)10-18-16(21)11-7-8-13(24-2)14(9-11)25-3/h7-9,12H,4-6,10H2,1-3H3,(H,18,21)(H,19,20)(H,22,23)/t12-/m0/s1. The zero-order chi connectivity index (χ0) is 18.8. The molecule has 0 aliphatic carbocycles. The molecule has 1 aromatic carbocycles. The predicted molar refractivity (Wildman–Crippen MR) is 91.0 cm³/mol. The number of carboxylic acids is 1. The molecule has 0 unspecified atom stereocenters. The number of amides is 2. The van der Waals surface area contributed by atoms with Crippen LogP contribution >= 0.6 is 0 Å². The van der Waals surface area contributed by atoms with Crippen LogP contribution in [0.25, 0.3) is 0 Å². The van der Waals surface area contributed by atoms with E-state index in [4.69, 9.17) is 14.6 Å². The monoisotopic (exact) mass is 352 g/mol. The smallest absolute Gasteiger partial charge is 0.326 e. The van der Waals surface area contributed by atoms with Gasteiger partial charge in [0.2, 0.25) is 5.91 Å². The van der Waals surface area contributed by atoms with E-state index in [0.29, 0.717) is 29.9 Å². The summed E-state index contributed by atoms with van der Waals surface area (Å²) in [6.07, 6.45) is 1.87. The third-order valence-electron chi connectivity index (χ3n) is 3.53. The van der Waals surface area contributed by atoms with Crippen molar-refractivity contribution in [1.82, 2.24) is 10.6 Å². The van der Waals surface area contributed by atoms with E-state index in [-0.39, 0.29) is 6.54 Å². The number of benzene rings is 1. The van der Waals surface area contributed by atoms with Gasteiger partial charge in [-0.05, 0) is 24.6 Å². The first-order valence-electron chi connectivity index (χ1n) is 7.95. The number of rotatable bonds is 10. The molecular weight excluding hydrogens is 328 g/mol. The van der Waals surface area contributed by atoms with Gasteiger partial charge in [-0.3, -0.25) is 9.59 Å². The molecule has 0 aliphatic rings. The van der Waals surface area contributed by atoms with Crippen LogP contribution in [0.15, 0.2) is 18.2 Å². The maximum Gasteiger partial charge on any atom is 0.326 e. The second kappa shape index (κ2) is 10.2. The van der Waals surface area contributed by atoms with Gasteiger partial charge in [0.05, 0.1) is 20.8 Å². The molecule has 138 valence electrons. The highest BCUT2D eigenvalue weighted by molar-refractivity contribution is 5.97. The van der Waals surface area contributed by atoms with Crippen molar-refractivity contribution in [3.05, 3.63) is 23.8 Å². The first-order valence-corrected chi connectivity index (χ1v) is 7.95. The van der Waals surface area contributed by atoms with Crippen LogP contribution in [0, 0.1) is 0 Å². The Morgan fingerprint density at radius 2 is 1.84 bits per heavy atom. The highest BCUT2D eigenvalue weighted by Crippen LogP contribution is 2.27. The average molecular weight is 352 g/mol. The van der Waals surface area contributed by atoms with Crippen LogP contribution in [0.1, 0.15) is 36.5 Å². The Morgan fingerprint density at radius 1 is 1.16 bits per heavy atom. The fourth-order valence-corrected chi connectivity index (χ4v) is 2.15. The summed E-state index contributed by atoms with van der Waals surface area (Å²) < 4.78 is 10.2. The van der Waals surface area contributed by atoms with Crippen LogP contribution in [0.5, 0.6) is 11.5 Å². The summed E-state index contributed by atoms with van der Waals surface area (Å²) in [6.45, 7) is 1.62. The van der Waals surface area contributed by atoms with Gasteiger partial charge in [0, 0.05) is 5.56 Å². The molecule has 1 rings (SSSR count). The number of nitrogens with one attached hydrogen (secondary N) is 2. The topological polar surface area (TPSA) is 114 Å². The van der Waals surface area contributed by atoms with Crippen molar-refractivity contribution >= 4 is 17.8 Å². The number of unbranched alkanes of at least 4 members (excludes halogenated alkanes) is 1. The van der Waals surface area contributed by atoms with Crippen LogP contribution in [0.3, 0.4) is 0 Å². The number of carbonyl (C=O) groups excluding carboxylic acids is 2. The van der Waals surface area contributed by atoms with Crippen molar-refractivity contribution in [3.63, 3.8) is 0 Å². The van der Waals surface area contributed by atoms with Crippen LogP contribution in [-0.4, -0.2) is 49.7 Å². The lowest BCUT2D eigenvalue weighted by molar-refractivity contribution is -0.141. The second-order valence-electron chi connectivity index (χ2n) is 5.35. The van der Waals surface area contributed by atoms with Gasteiger partial charge in [0.15, 0.2) is 11.5 Å². The molecular formula is C17H24N2O6. The maximum absolute atomic E-state index is 12.1. The van der Waals surface area contributed by atoms with Crippen molar-refractivity contribution in [2.24, 2.45) is 0 Å². The molecule has 1 atom stereocenters. The van der Waals surface area contributed by atoms with Crippen LogP contribution in [-0.2, 0) is 9.59 Å². The van der Waals surface area contributed by atoms with Gasteiger partial charge in [-0.15, -0.1) is 0 Å². The molecule has 0 aromatic heterocycles. The van der Waals surface area contributed by atoms with Gasteiger partial charge in [-0.2, -0.15) is 0 Å².